The van der Waals surface area contributed by atoms with Gasteiger partial charge < -0.3 is 0 Å². The summed E-state index contributed by atoms with van der Waals surface area (Å²) >= 11 is 11.9. The Hall–Kier alpha value is 0.320. The fourth-order valence-electron chi connectivity index (χ4n) is 2.65. The number of unbranched alkanes of at least 4 members (excludes halogenated alkanes) is 13. The maximum absolute atomic E-state index is 6.16. The molecule has 0 nitrogen and oxygen atoms in total. The second-order valence-electron chi connectivity index (χ2n) is 6.85. The van der Waals surface area contributed by atoms with Crippen molar-refractivity contribution in [1.29, 1.82) is 0 Å². The molecule has 1 unspecified atom stereocenters. The highest BCUT2D eigenvalue weighted by atomic mass is 35.5. The molecule has 0 radical (unpaired) electrons. The van der Waals surface area contributed by atoms with Gasteiger partial charge in [0.05, 0.1) is 4.87 Å². The number of halogens is 2. The Morgan fingerprint density at radius 2 is 1.14 bits per heavy atom. The fourth-order valence-corrected chi connectivity index (χ4v) is 2.83. The van der Waals surface area contributed by atoms with Gasteiger partial charge in [-0.3, -0.25) is 0 Å². The molecule has 0 bridgehead atoms. The van der Waals surface area contributed by atoms with E-state index in [4.69, 9.17) is 23.2 Å². The van der Waals surface area contributed by atoms with Gasteiger partial charge in [-0.25, -0.2) is 0 Å². The van der Waals surface area contributed by atoms with Crippen molar-refractivity contribution in [3.63, 3.8) is 0 Å². The summed E-state index contributed by atoms with van der Waals surface area (Å²) in [4.78, 5) is -0.363. The second kappa shape index (κ2) is 16.2. The zero-order chi connectivity index (χ0) is 16.5. The van der Waals surface area contributed by atoms with Crippen LogP contribution in [0, 0.1) is 0 Å². The van der Waals surface area contributed by atoms with Crippen LogP contribution in [0.25, 0.3) is 0 Å². The molecule has 0 aliphatic rings. The lowest BCUT2D eigenvalue weighted by atomic mass is 10.0. The third-order valence-corrected chi connectivity index (χ3v) is 5.15. The molecule has 0 spiro atoms. The third kappa shape index (κ3) is 16.7. The third-order valence-electron chi connectivity index (χ3n) is 4.20. The van der Waals surface area contributed by atoms with Gasteiger partial charge in [-0.15, -0.1) is 23.2 Å². The van der Waals surface area contributed by atoms with Crippen molar-refractivity contribution in [3.05, 3.63) is 12.2 Å². The lowest BCUT2D eigenvalue weighted by Crippen LogP contribution is -2.13. The normalized spacial score (nSPS) is 14.5. The van der Waals surface area contributed by atoms with Crippen molar-refractivity contribution < 1.29 is 0 Å². The molecule has 2 heteroatoms. The lowest BCUT2D eigenvalue weighted by molar-refractivity contribution is 0.540. The second-order valence-corrected chi connectivity index (χ2v) is 7.98. The van der Waals surface area contributed by atoms with Crippen molar-refractivity contribution >= 4 is 23.2 Å². The van der Waals surface area contributed by atoms with E-state index in [0.29, 0.717) is 5.88 Å². The van der Waals surface area contributed by atoms with Crippen LogP contribution in [0.2, 0.25) is 0 Å². The van der Waals surface area contributed by atoms with Gasteiger partial charge in [0, 0.05) is 5.88 Å². The maximum Gasteiger partial charge on any atom is 0.0732 e. The van der Waals surface area contributed by atoms with Crippen molar-refractivity contribution in [2.45, 2.75) is 109 Å². The first-order valence-corrected chi connectivity index (χ1v) is 10.5. The molecule has 0 aliphatic carbocycles. The van der Waals surface area contributed by atoms with Crippen LogP contribution in [0.1, 0.15) is 104 Å². The molecule has 0 heterocycles. The van der Waals surface area contributed by atoms with Crippen LogP contribution in [0.15, 0.2) is 12.2 Å². The summed E-state index contributed by atoms with van der Waals surface area (Å²) in [6.45, 7) is 4.24. The molecule has 132 valence electrons. The van der Waals surface area contributed by atoms with Crippen LogP contribution in [-0.2, 0) is 0 Å². The molecular formula is C20H38Cl2. The molecule has 0 aromatic carbocycles. The topological polar surface area (TPSA) is 0 Å². The van der Waals surface area contributed by atoms with Gasteiger partial charge in [0.2, 0.25) is 0 Å². The van der Waals surface area contributed by atoms with Gasteiger partial charge in [0.15, 0.2) is 0 Å². The van der Waals surface area contributed by atoms with E-state index in [1.807, 2.05) is 13.0 Å². The highest BCUT2D eigenvalue weighted by Crippen LogP contribution is 2.18. The summed E-state index contributed by atoms with van der Waals surface area (Å²) in [5.41, 5.74) is 0. The number of hydrogen-bond donors (Lipinski definition) is 0. The first-order chi connectivity index (χ1) is 10.6. The predicted octanol–water partition coefficient (Wildman–Crippen LogP) is 8.26. The van der Waals surface area contributed by atoms with Crippen LogP contribution in [0.4, 0.5) is 0 Å². The van der Waals surface area contributed by atoms with E-state index in [1.165, 1.54) is 83.5 Å². The maximum atomic E-state index is 6.16. The summed E-state index contributed by atoms with van der Waals surface area (Å²) in [5, 5.41) is 0. The number of hydrogen-bond acceptors (Lipinski definition) is 0. The standard InChI is InChI=1S/C20H38Cl2/c1-3-4-5-6-7-8-9-10-11-12-13-14-15-16-17-18-20(2,22)19-21/h17-18H,3-16,19H2,1-2H3. The molecule has 0 fully saturated rings. The Labute approximate surface area is 150 Å². The zero-order valence-electron chi connectivity index (χ0n) is 15.0. The SMILES string of the molecule is CCCCCCCCCCCCCCCC=CC(C)(Cl)CCl. The molecule has 1 atom stereocenters. The largest absolute Gasteiger partial charge is 0.124 e. The van der Waals surface area contributed by atoms with E-state index < -0.39 is 0 Å². The summed E-state index contributed by atoms with van der Waals surface area (Å²) in [6, 6.07) is 0. The van der Waals surface area contributed by atoms with E-state index in [2.05, 4.69) is 13.0 Å². The minimum Gasteiger partial charge on any atom is -0.124 e. The van der Waals surface area contributed by atoms with E-state index in [1.54, 1.807) is 0 Å². The van der Waals surface area contributed by atoms with E-state index in [-0.39, 0.29) is 4.87 Å². The first kappa shape index (κ1) is 22.3. The molecule has 0 saturated heterocycles. The van der Waals surface area contributed by atoms with Gasteiger partial charge in [-0.1, -0.05) is 96.1 Å². The number of alkyl halides is 2. The molecule has 0 saturated carbocycles. The van der Waals surface area contributed by atoms with Crippen molar-refractivity contribution in [1.82, 2.24) is 0 Å². The Morgan fingerprint density at radius 3 is 1.55 bits per heavy atom. The van der Waals surface area contributed by atoms with Gasteiger partial charge in [-0.05, 0) is 19.8 Å². The first-order valence-electron chi connectivity index (χ1n) is 9.55. The van der Waals surface area contributed by atoms with Gasteiger partial charge in [-0.2, -0.15) is 0 Å². The monoisotopic (exact) mass is 348 g/mol. The number of allylic oxidation sites excluding steroid dienone is 2. The molecule has 0 aliphatic heterocycles. The average Bonchev–Trinajstić information content (AvgIpc) is 2.51. The fraction of sp³-hybridized carbons (Fsp3) is 0.900. The molecule has 22 heavy (non-hydrogen) atoms. The minimum absolute atomic E-state index is 0.363. The summed E-state index contributed by atoms with van der Waals surface area (Å²) < 4.78 is 0. The average molecular weight is 349 g/mol. The summed E-state index contributed by atoms with van der Waals surface area (Å²) in [6.07, 6.45) is 23.7. The zero-order valence-corrected chi connectivity index (χ0v) is 16.5. The Bertz CT molecular complexity index is 246. The summed E-state index contributed by atoms with van der Waals surface area (Å²) in [7, 11) is 0. The van der Waals surface area contributed by atoms with Crippen molar-refractivity contribution in [3.8, 4) is 0 Å². The van der Waals surface area contributed by atoms with Gasteiger partial charge in [0.1, 0.15) is 0 Å². The van der Waals surface area contributed by atoms with Crippen LogP contribution >= 0.6 is 23.2 Å². The molecule has 0 N–H and O–H groups in total. The molecular weight excluding hydrogens is 311 g/mol. The number of rotatable bonds is 16. The van der Waals surface area contributed by atoms with Crippen LogP contribution in [0.3, 0.4) is 0 Å². The van der Waals surface area contributed by atoms with Crippen molar-refractivity contribution in [2.24, 2.45) is 0 Å². The molecule has 0 aromatic rings. The Balaban J connectivity index is 3.15. The highest BCUT2D eigenvalue weighted by Gasteiger charge is 2.13. The smallest absolute Gasteiger partial charge is 0.0732 e. The van der Waals surface area contributed by atoms with Gasteiger partial charge in [0.25, 0.3) is 0 Å². The molecule has 0 aromatic heterocycles. The Morgan fingerprint density at radius 1 is 0.727 bits per heavy atom. The van der Waals surface area contributed by atoms with E-state index in [0.717, 1.165) is 6.42 Å². The van der Waals surface area contributed by atoms with E-state index in [9.17, 15) is 0 Å². The van der Waals surface area contributed by atoms with Crippen LogP contribution in [-0.4, -0.2) is 10.8 Å². The quantitative estimate of drug-likeness (QED) is 0.149. The summed E-state index contributed by atoms with van der Waals surface area (Å²) in [5.74, 6) is 0.476. The molecule has 0 amide bonds. The minimum atomic E-state index is -0.363. The highest BCUT2D eigenvalue weighted by molar-refractivity contribution is 6.31. The van der Waals surface area contributed by atoms with Crippen LogP contribution < -0.4 is 0 Å². The van der Waals surface area contributed by atoms with Crippen molar-refractivity contribution in [2.75, 3.05) is 5.88 Å². The van der Waals surface area contributed by atoms with Gasteiger partial charge >= 0.3 is 0 Å². The Kier molecular flexibility index (Phi) is 16.4. The van der Waals surface area contributed by atoms with Crippen LogP contribution in [0.5, 0.6) is 0 Å². The molecule has 0 rings (SSSR count). The lowest BCUT2D eigenvalue weighted by Gasteiger charge is -2.11. The van der Waals surface area contributed by atoms with E-state index >= 15 is 0 Å². The predicted molar refractivity (Wildman–Crippen MR) is 104 cm³/mol.